The van der Waals surface area contributed by atoms with Crippen LogP contribution in [0.1, 0.15) is 5.56 Å². The Balaban J connectivity index is 2.14. The molecule has 0 saturated heterocycles. The van der Waals surface area contributed by atoms with Crippen molar-refractivity contribution in [2.45, 2.75) is 12.2 Å². The number of aliphatic imine (C=N–C) groups is 1. The number of hydrogen-bond donors (Lipinski definition) is 0. The zero-order valence-corrected chi connectivity index (χ0v) is 7.60. The lowest BCUT2D eigenvalue weighted by Crippen LogP contribution is -2.21. The molecule has 0 fully saturated rings. The van der Waals surface area contributed by atoms with Crippen molar-refractivity contribution >= 4 is 17.3 Å². The molecule has 1 atom stereocenters. The van der Waals surface area contributed by atoms with E-state index >= 15 is 0 Å². The molecular formula is C9H5ClF3N. The summed E-state index contributed by atoms with van der Waals surface area (Å²) in [5.74, 6) is 0. The summed E-state index contributed by atoms with van der Waals surface area (Å²) in [6, 6.07) is 4.56. The van der Waals surface area contributed by atoms with Crippen LogP contribution >= 0.6 is 11.6 Å². The topological polar surface area (TPSA) is 12.4 Å². The molecule has 1 aromatic rings. The van der Waals surface area contributed by atoms with Gasteiger partial charge in [0.15, 0.2) is 6.04 Å². The van der Waals surface area contributed by atoms with Crippen LogP contribution in [-0.2, 0) is 0 Å². The van der Waals surface area contributed by atoms with Gasteiger partial charge in [0.05, 0.1) is 5.71 Å². The molecule has 2 rings (SSSR count). The van der Waals surface area contributed by atoms with Crippen LogP contribution in [0.4, 0.5) is 13.2 Å². The smallest absolute Gasteiger partial charge is 0.267 e. The monoisotopic (exact) mass is 219 g/mol. The molecule has 0 bridgehead atoms. The van der Waals surface area contributed by atoms with E-state index in [1.54, 1.807) is 12.1 Å². The summed E-state index contributed by atoms with van der Waals surface area (Å²) >= 11 is 5.60. The molecule has 0 spiro atoms. The summed E-state index contributed by atoms with van der Waals surface area (Å²) in [5.41, 5.74) is 0.575. The number of alkyl halides is 3. The largest absolute Gasteiger partial charge is 0.416 e. The van der Waals surface area contributed by atoms with Gasteiger partial charge in [-0.3, -0.25) is 4.99 Å². The molecule has 1 heterocycles. The summed E-state index contributed by atoms with van der Waals surface area (Å²) < 4.78 is 36.3. The maximum Gasteiger partial charge on any atom is 0.416 e. The van der Waals surface area contributed by atoms with E-state index in [4.69, 9.17) is 11.6 Å². The van der Waals surface area contributed by atoms with Crippen molar-refractivity contribution in [3.05, 3.63) is 34.9 Å². The molecule has 5 heteroatoms. The molecule has 0 amide bonds. The zero-order chi connectivity index (χ0) is 10.3. The number of benzene rings is 1. The van der Waals surface area contributed by atoms with E-state index < -0.39 is 12.2 Å². The van der Waals surface area contributed by atoms with Crippen LogP contribution < -0.4 is 0 Å². The average Bonchev–Trinajstić information content (AvgIpc) is 2.83. The molecule has 1 unspecified atom stereocenters. The van der Waals surface area contributed by atoms with Crippen LogP contribution in [0.5, 0.6) is 0 Å². The van der Waals surface area contributed by atoms with Gasteiger partial charge in [-0.05, 0) is 17.7 Å². The highest BCUT2D eigenvalue weighted by atomic mass is 35.5. The Kier molecular flexibility index (Phi) is 2.03. The van der Waals surface area contributed by atoms with E-state index in [0.717, 1.165) is 0 Å². The Labute approximate surface area is 83.2 Å². The fourth-order valence-electron chi connectivity index (χ4n) is 1.18. The molecule has 74 valence electrons. The minimum atomic E-state index is -4.25. The molecule has 1 nitrogen and oxygen atoms in total. The maximum absolute atomic E-state index is 12.1. The third kappa shape index (κ3) is 1.75. The van der Waals surface area contributed by atoms with Gasteiger partial charge in [0.25, 0.3) is 0 Å². The molecule has 0 aromatic heterocycles. The van der Waals surface area contributed by atoms with Crippen LogP contribution in [0.2, 0.25) is 5.02 Å². The van der Waals surface area contributed by atoms with Gasteiger partial charge >= 0.3 is 6.18 Å². The molecule has 0 radical (unpaired) electrons. The van der Waals surface area contributed by atoms with E-state index in [9.17, 15) is 13.2 Å². The van der Waals surface area contributed by atoms with Crippen LogP contribution in [0.15, 0.2) is 29.3 Å². The number of halogens is 4. The quantitative estimate of drug-likeness (QED) is 0.688. The summed E-state index contributed by atoms with van der Waals surface area (Å²) in [7, 11) is 0. The van der Waals surface area contributed by atoms with E-state index in [1.807, 2.05) is 0 Å². The number of nitrogens with zero attached hydrogens (tertiary/aromatic N) is 1. The van der Waals surface area contributed by atoms with E-state index in [1.165, 1.54) is 12.1 Å². The lowest BCUT2D eigenvalue weighted by molar-refractivity contribution is -0.124. The second-order valence-electron chi connectivity index (χ2n) is 2.97. The van der Waals surface area contributed by atoms with Gasteiger partial charge in [0.2, 0.25) is 0 Å². The van der Waals surface area contributed by atoms with Crippen molar-refractivity contribution < 1.29 is 13.2 Å². The highest BCUT2D eigenvalue weighted by molar-refractivity contribution is 6.30. The first-order valence-electron chi connectivity index (χ1n) is 3.89. The van der Waals surface area contributed by atoms with Gasteiger partial charge < -0.3 is 0 Å². The minimum Gasteiger partial charge on any atom is -0.267 e. The van der Waals surface area contributed by atoms with Crippen molar-refractivity contribution in [1.82, 2.24) is 0 Å². The Hall–Kier alpha value is -1.03. The molecule has 0 N–H and O–H groups in total. The Morgan fingerprint density at radius 1 is 1.14 bits per heavy atom. The van der Waals surface area contributed by atoms with Gasteiger partial charge in [-0.15, -0.1) is 0 Å². The minimum absolute atomic E-state index is 0.0918. The van der Waals surface area contributed by atoms with E-state index in [0.29, 0.717) is 10.6 Å². The molecule has 0 aliphatic carbocycles. The molecule has 14 heavy (non-hydrogen) atoms. The first-order valence-corrected chi connectivity index (χ1v) is 4.26. The van der Waals surface area contributed by atoms with Crippen LogP contribution in [0.25, 0.3) is 0 Å². The van der Waals surface area contributed by atoms with Crippen molar-refractivity contribution in [2.24, 2.45) is 4.99 Å². The van der Waals surface area contributed by atoms with Crippen LogP contribution in [-0.4, -0.2) is 17.9 Å². The molecule has 0 saturated carbocycles. The molecule has 1 aliphatic heterocycles. The molecular weight excluding hydrogens is 215 g/mol. The first kappa shape index (κ1) is 9.52. The number of rotatable bonds is 1. The fraction of sp³-hybridized carbons (Fsp3) is 0.222. The van der Waals surface area contributed by atoms with Crippen molar-refractivity contribution in [2.75, 3.05) is 0 Å². The van der Waals surface area contributed by atoms with Gasteiger partial charge in [0, 0.05) is 5.02 Å². The van der Waals surface area contributed by atoms with Gasteiger partial charge in [-0.2, -0.15) is 13.2 Å². The predicted octanol–water partition coefficient (Wildman–Crippen LogP) is 3.07. The Bertz CT molecular complexity index is 380. The van der Waals surface area contributed by atoms with Crippen molar-refractivity contribution in [1.29, 1.82) is 0 Å². The number of hydrogen-bond acceptors (Lipinski definition) is 1. The maximum atomic E-state index is 12.1. The predicted molar refractivity (Wildman–Crippen MR) is 47.8 cm³/mol. The molecule has 1 aliphatic rings. The van der Waals surface area contributed by atoms with Crippen LogP contribution in [0.3, 0.4) is 0 Å². The summed E-state index contributed by atoms with van der Waals surface area (Å²) in [6.07, 6.45) is -4.25. The van der Waals surface area contributed by atoms with E-state index in [-0.39, 0.29) is 5.71 Å². The lowest BCUT2D eigenvalue weighted by atomic mass is 10.1. The Morgan fingerprint density at radius 2 is 1.71 bits per heavy atom. The second kappa shape index (κ2) is 2.98. The van der Waals surface area contributed by atoms with Crippen molar-refractivity contribution in [3.63, 3.8) is 0 Å². The Morgan fingerprint density at radius 3 is 2.14 bits per heavy atom. The second-order valence-corrected chi connectivity index (χ2v) is 3.40. The highest BCUT2D eigenvalue weighted by Gasteiger charge is 2.51. The first-order chi connectivity index (χ1) is 6.48. The fourth-order valence-corrected chi connectivity index (χ4v) is 1.31. The summed E-state index contributed by atoms with van der Waals surface area (Å²) in [5, 5.41) is 0.499. The highest BCUT2D eigenvalue weighted by Crippen LogP contribution is 2.34. The van der Waals surface area contributed by atoms with Crippen LogP contribution in [0, 0.1) is 0 Å². The van der Waals surface area contributed by atoms with Gasteiger partial charge in [0.1, 0.15) is 0 Å². The summed E-state index contributed by atoms with van der Waals surface area (Å²) in [4.78, 5) is 3.37. The summed E-state index contributed by atoms with van der Waals surface area (Å²) in [6.45, 7) is 0. The standard InChI is InChI=1S/C9H5ClF3N/c10-6-3-1-5(2-4-6)7-8(14-7)9(11,12)13/h1-4,8H. The average molecular weight is 220 g/mol. The van der Waals surface area contributed by atoms with Gasteiger partial charge in [-0.1, -0.05) is 23.7 Å². The SMILES string of the molecule is FC(F)(F)C1N=C1c1ccc(Cl)cc1. The normalized spacial score (nSPS) is 20.6. The zero-order valence-electron chi connectivity index (χ0n) is 6.85. The third-order valence-electron chi connectivity index (χ3n) is 1.91. The lowest BCUT2D eigenvalue weighted by Gasteiger charge is -2.02. The third-order valence-corrected chi connectivity index (χ3v) is 2.16. The van der Waals surface area contributed by atoms with E-state index in [2.05, 4.69) is 4.99 Å². The van der Waals surface area contributed by atoms with Gasteiger partial charge in [-0.25, -0.2) is 0 Å². The van der Waals surface area contributed by atoms with Crippen molar-refractivity contribution in [3.8, 4) is 0 Å². The molecule has 1 aromatic carbocycles.